The second-order valence-electron chi connectivity index (χ2n) is 10.1. The quantitative estimate of drug-likeness (QED) is 0.366. The Morgan fingerprint density at radius 2 is 1.95 bits per heavy atom. The zero-order valence-corrected chi connectivity index (χ0v) is 22.6. The number of fused-ring (bicyclic) bond motifs is 1. The summed E-state index contributed by atoms with van der Waals surface area (Å²) in [4.78, 5) is 19.3. The molecule has 40 heavy (non-hydrogen) atoms. The number of nitrogens with one attached hydrogen (secondary N) is 1. The smallest absolute Gasteiger partial charge is 0.378 e. The van der Waals surface area contributed by atoms with Gasteiger partial charge in [0.1, 0.15) is 41.3 Å². The van der Waals surface area contributed by atoms with Crippen LogP contribution in [0.2, 0.25) is 0 Å². The number of nitrogens with zero attached hydrogens (tertiary/aromatic N) is 6. The average Bonchev–Trinajstić information content (AvgIpc) is 3.31. The summed E-state index contributed by atoms with van der Waals surface area (Å²) < 4.78 is 74.3. The van der Waals surface area contributed by atoms with Gasteiger partial charge in [0.15, 0.2) is 6.29 Å². The summed E-state index contributed by atoms with van der Waals surface area (Å²) in [5, 5.41) is 3.03. The predicted molar refractivity (Wildman–Crippen MR) is 139 cm³/mol. The van der Waals surface area contributed by atoms with Gasteiger partial charge in [0.05, 0.1) is 24.4 Å². The molecule has 5 atom stereocenters. The third kappa shape index (κ3) is 6.13. The Morgan fingerprint density at radius 1 is 1.12 bits per heavy atom. The van der Waals surface area contributed by atoms with E-state index in [-0.39, 0.29) is 23.7 Å². The Labute approximate surface area is 229 Å². The van der Waals surface area contributed by atoms with Gasteiger partial charge in [0.2, 0.25) is 5.95 Å². The number of imidazole rings is 1. The number of halogens is 4. The highest BCUT2D eigenvalue weighted by atomic mass is 19.4. The molecular formula is C26H33F4N7O3. The van der Waals surface area contributed by atoms with E-state index < -0.39 is 36.9 Å². The number of alkyl halides is 4. The van der Waals surface area contributed by atoms with Gasteiger partial charge in [0, 0.05) is 32.5 Å². The van der Waals surface area contributed by atoms with Crippen molar-refractivity contribution in [3.63, 3.8) is 0 Å². The normalized spacial score (nSPS) is 23.8. The van der Waals surface area contributed by atoms with E-state index in [1.165, 1.54) is 25.6 Å². The van der Waals surface area contributed by atoms with Gasteiger partial charge in [0.25, 0.3) is 0 Å². The third-order valence-corrected chi connectivity index (χ3v) is 7.29. The molecule has 0 aromatic carbocycles. The number of anilines is 3. The van der Waals surface area contributed by atoms with Crippen molar-refractivity contribution in [1.82, 2.24) is 24.5 Å². The van der Waals surface area contributed by atoms with E-state index >= 15 is 0 Å². The van der Waals surface area contributed by atoms with Crippen LogP contribution in [0.4, 0.5) is 35.1 Å². The van der Waals surface area contributed by atoms with Crippen LogP contribution in [0.5, 0.6) is 0 Å². The molecule has 3 aromatic rings. The summed E-state index contributed by atoms with van der Waals surface area (Å²) in [5.41, 5.74) is 0.545. The highest BCUT2D eigenvalue weighted by molar-refractivity contribution is 5.79. The zero-order valence-electron chi connectivity index (χ0n) is 22.6. The topological polar surface area (TPSA) is 99.5 Å². The molecule has 0 radical (unpaired) electrons. The molecule has 1 N–H and O–H groups in total. The number of hydrogen-bond acceptors (Lipinski definition) is 9. The molecule has 3 unspecified atom stereocenters. The van der Waals surface area contributed by atoms with E-state index in [0.29, 0.717) is 43.3 Å². The number of rotatable bonds is 8. The molecule has 5 rings (SSSR count). The zero-order chi connectivity index (χ0) is 28.4. The lowest BCUT2D eigenvalue weighted by atomic mass is 10.1. The molecular weight excluding hydrogens is 534 g/mol. The van der Waals surface area contributed by atoms with Crippen LogP contribution in [0.3, 0.4) is 0 Å². The Balaban J connectivity index is 1.42. The minimum Gasteiger partial charge on any atom is -0.378 e. The SMILES string of the molecule is COC1CCN(c2nccc(Nc3cc4c(cn3)nc([C@@H](C)OC3CCCCO3)n4[C@H](C)C(F)(F)F)n2)CC1F. The molecule has 3 aromatic heterocycles. The fourth-order valence-electron chi connectivity index (χ4n) is 5.06. The average molecular weight is 568 g/mol. The molecule has 218 valence electrons. The van der Waals surface area contributed by atoms with Gasteiger partial charge < -0.3 is 29.0 Å². The van der Waals surface area contributed by atoms with E-state index in [9.17, 15) is 17.6 Å². The van der Waals surface area contributed by atoms with E-state index in [1.807, 2.05) is 0 Å². The van der Waals surface area contributed by atoms with Crippen LogP contribution in [0.15, 0.2) is 24.5 Å². The van der Waals surface area contributed by atoms with Gasteiger partial charge >= 0.3 is 6.18 Å². The fraction of sp³-hybridized carbons (Fsp3) is 0.615. The molecule has 0 spiro atoms. The van der Waals surface area contributed by atoms with Crippen molar-refractivity contribution in [3.8, 4) is 0 Å². The molecule has 0 saturated carbocycles. The van der Waals surface area contributed by atoms with Gasteiger partial charge in [-0.1, -0.05) is 0 Å². The molecule has 0 aliphatic carbocycles. The van der Waals surface area contributed by atoms with Crippen molar-refractivity contribution in [2.24, 2.45) is 0 Å². The Hall–Kier alpha value is -3.10. The maximum Gasteiger partial charge on any atom is 0.408 e. The monoisotopic (exact) mass is 567 g/mol. The van der Waals surface area contributed by atoms with Gasteiger partial charge in [-0.2, -0.15) is 18.2 Å². The van der Waals surface area contributed by atoms with Crippen LogP contribution in [-0.2, 0) is 14.2 Å². The number of pyridine rings is 1. The van der Waals surface area contributed by atoms with Crippen molar-refractivity contribution < 1.29 is 31.8 Å². The molecule has 2 aliphatic heterocycles. The highest BCUT2D eigenvalue weighted by Crippen LogP contribution is 2.37. The number of methoxy groups -OCH3 is 1. The maximum atomic E-state index is 14.4. The number of piperidine rings is 1. The standard InChI is InChI=1S/C26H33F4N7O3/c1-15(40-23-6-4-5-11-39-23)24-33-18-13-32-22(12-19(18)37(24)16(2)26(28,29)30)34-21-7-9-31-25(35-21)36-10-8-20(38-3)17(27)14-36/h7,9,12-13,15-17,20,23H,4-6,8,10-11,14H2,1-3H3,(H,31,32,34,35)/t15-,16-,17?,20?,23?/m1/s1. The largest absolute Gasteiger partial charge is 0.408 e. The lowest BCUT2D eigenvalue weighted by Gasteiger charge is -2.33. The van der Waals surface area contributed by atoms with Gasteiger partial charge in [-0.15, -0.1) is 0 Å². The lowest BCUT2D eigenvalue weighted by Crippen LogP contribution is -2.46. The van der Waals surface area contributed by atoms with Crippen molar-refractivity contribution in [2.75, 3.05) is 37.0 Å². The minimum absolute atomic E-state index is 0.0929. The van der Waals surface area contributed by atoms with Crippen molar-refractivity contribution in [3.05, 3.63) is 30.4 Å². The molecule has 0 bridgehead atoms. The van der Waals surface area contributed by atoms with E-state index in [0.717, 1.165) is 24.3 Å². The minimum atomic E-state index is -4.52. The first-order chi connectivity index (χ1) is 19.1. The molecule has 10 nitrogen and oxygen atoms in total. The second-order valence-corrected chi connectivity index (χ2v) is 10.1. The Kier molecular flexibility index (Phi) is 8.38. The summed E-state index contributed by atoms with van der Waals surface area (Å²) in [7, 11) is 1.49. The molecule has 14 heteroatoms. The Morgan fingerprint density at radius 3 is 2.65 bits per heavy atom. The fourth-order valence-corrected chi connectivity index (χ4v) is 5.06. The first kappa shape index (κ1) is 28.4. The number of aromatic nitrogens is 5. The summed E-state index contributed by atoms with van der Waals surface area (Å²) >= 11 is 0. The van der Waals surface area contributed by atoms with E-state index in [2.05, 4.69) is 25.3 Å². The summed E-state index contributed by atoms with van der Waals surface area (Å²) in [5.74, 6) is 1.10. The lowest BCUT2D eigenvalue weighted by molar-refractivity contribution is -0.190. The first-order valence-electron chi connectivity index (χ1n) is 13.4. The maximum absolute atomic E-state index is 14.4. The van der Waals surface area contributed by atoms with Crippen molar-refractivity contribution in [2.45, 2.75) is 76.4 Å². The van der Waals surface area contributed by atoms with Crippen LogP contribution in [-0.4, -0.2) is 76.1 Å². The number of hydrogen-bond donors (Lipinski definition) is 1. The van der Waals surface area contributed by atoms with Gasteiger partial charge in [-0.25, -0.2) is 19.3 Å². The number of ether oxygens (including phenoxy) is 3. The van der Waals surface area contributed by atoms with Crippen LogP contribution in [0.25, 0.3) is 11.0 Å². The molecule has 2 saturated heterocycles. The van der Waals surface area contributed by atoms with Crippen LogP contribution in [0.1, 0.15) is 57.5 Å². The van der Waals surface area contributed by atoms with Crippen LogP contribution < -0.4 is 10.2 Å². The highest BCUT2D eigenvalue weighted by Gasteiger charge is 2.40. The second kappa shape index (κ2) is 11.8. The van der Waals surface area contributed by atoms with Crippen LogP contribution in [0, 0.1) is 0 Å². The Bertz CT molecular complexity index is 1300. The summed E-state index contributed by atoms with van der Waals surface area (Å²) in [6.07, 6.45) is -1.44. The van der Waals surface area contributed by atoms with Gasteiger partial charge in [-0.3, -0.25) is 0 Å². The van der Waals surface area contributed by atoms with E-state index in [1.54, 1.807) is 17.9 Å². The van der Waals surface area contributed by atoms with Crippen molar-refractivity contribution in [1.29, 1.82) is 0 Å². The van der Waals surface area contributed by atoms with E-state index in [4.69, 9.17) is 14.2 Å². The van der Waals surface area contributed by atoms with Crippen LogP contribution >= 0.6 is 0 Å². The van der Waals surface area contributed by atoms with Crippen molar-refractivity contribution >= 4 is 28.6 Å². The first-order valence-corrected chi connectivity index (χ1v) is 13.4. The molecule has 2 fully saturated rings. The third-order valence-electron chi connectivity index (χ3n) is 7.29. The molecule has 2 aliphatic rings. The molecule has 5 heterocycles. The molecule has 0 amide bonds. The summed E-state index contributed by atoms with van der Waals surface area (Å²) in [6.45, 7) is 3.93. The predicted octanol–water partition coefficient (Wildman–Crippen LogP) is 5.26. The van der Waals surface area contributed by atoms with Gasteiger partial charge in [-0.05, 0) is 45.6 Å². The summed E-state index contributed by atoms with van der Waals surface area (Å²) in [6, 6.07) is 1.24.